The molecule has 2 aromatic rings. The molecular weight excluding hydrogens is 521 g/mol. The van der Waals surface area contributed by atoms with E-state index in [4.69, 9.17) is 35.7 Å². The van der Waals surface area contributed by atoms with Crippen LogP contribution < -0.4 is 32.6 Å². The number of aliphatic hydroxyl groups is 2. The zero-order valence-electron chi connectivity index (χ0n) is 19.1. The fourth-order valence-electron chi connectivity index (χ4n) is 3.98. The first kappa shape index (κ1) is 26.9. The number of nitrogens with one attached hydrogen (secondary N) is 3. The Labute approximate surface area is 207 Å². The Kier molecular flexibility index (Phi) is 7.76. The summed E-state index contributed by atoms with van der Waals surface area (Å²) in [6.45, 7) is -1.12. The van der Waals surface area contributed by atoms with Gasteiger partial charge in [0.25, 0.3) is 11.5 Å². The normalized spacial score (nSPS) is 29.3. The number of aromatic amines is 2. The Balaban J connectivity index is 1.34. The second-order valence-corrected chi connectivity index (χ2v) is 9.64. The number of hydrogen-bond acceptors (Lipinski definition) is 11. The van der Waals surface area contributed by atoms with Gasteiger partial charge < -0.3 is 47.1 Å². The molecule has 19 nitrogen and oxygen atoms in total. The first-order valence-corrected chi connectivity index (χ1v) is 12.4. The number of aliphatic imine (C=N–C) groups is 1. The predicted molar refractivity (Wildman–Crippen MR) is 121 cm³/mol. The molecule has 2 aliphatic rings. The number of guanidine groups is 1. The number of nitrogens with two attached hydrogens (primary N) is 3. The lowest BCUT2D eigenvalue weighted by Gasteiger charge is -2.21. The van der Waals surface area contributed by atoms with Gasteiger partial charge >= 0.3 is 19.5 Å². The van der Waals surface area contributed by atoms with Gasteiger partial charge in [0.05, 0.1) is 19.3 Å². The zero-order chi connectivity index (χ0) is 26.9. The lowest BCUT2D eigenvalue weighted by atomic mass is 10.2. The predicted octanol–water partition coefficient (Wildman–Crippen LogP) is -3.64. The fourth-order valence-corrected chi connectivity index (χ4v) is 4.94. The Morgan fingerprint density at radius 3 is 2.81 bits per heavy atom. The summed E-state index contributed by atoms with van der Waals surface area (Å²) < 4.78 is 35.3. The van der Waals surface area contributed by atoms with Crippen molar-refractivity contribution in [3.63, 3.8) is 0 Å². The van der Waals surface area contributed by atoms with Crippen LogP contribution in [0.25, 0.3) is 11.2 Å². The third-order valence-corrected chi connectivity index (χ3v) is 6.60. The minimum Gasteiger partial charge on any atom is -0.394 e. The standard InChI is InChI=1S/C17H26N9O10P/c18-15(19)25-17(30)22-10-2-7(8(3-27)34-10)36-37(31,32)33-4-9-6(28)1-11(35-9)26-5-21-12-13(26)23-16(20)24-14(12)29/h5-11,27-28H,1-4H2,(H9,18,19,20,22,23,24,25,29,30,31,32)/p+1. The van der Waals surface area contributed by atoms with Crippen LogP contribution in [0.4, 0.5) is 10.7 Å². The molecule has 7 atom stereocenters. The number of H-pyrrole nitrogens is 2. The van der Waals surface area contributed by atoms with Gasteiger partial charge in [-0.15, -0.1) is 0 Å². The molecule has 2 aromatic heterocycles. The number of urea groups is 1. The molecule has 2 aliphatic heterocycles. The van der Waals surface area contributed by atoms with E-state index in [0.29, 0.717) is 0 Å². The molecule has 12 N–H and O–H groups in total. The molecule has 0 radical (unpaired) electrons. The molecule has 0 aromatic carbocycles. The number of nitrogen functional groups attached to an aromatic ring is 1. The zero-order valence-corrected chi connectivity index (χ0v) is 20.0. The van der Waals surface area contributed by atoms with Gasteiger partial charge in [-0.3, -0.25) is 23.8 Å². The van der Waals surface area contributed by atoms with Gasteiger partial charge in [0, 0.05) is 12.8 Å². The number of amides is 2. The van der Waals surface area contributed by atoms with Crippen molar-refractivity contribution in [2.24, 2.45) is 16.5 Å². The summed E-state index contributed by atoms with van der Waals surface area (Å²) in [7, 11) is -4.74. The summed E-state index contributed by atoms with van der Waals surface area (Å²) in [6, 6.07) is -0.914. The summed E-state index contributed by atoms with van der Waals surface area (Å²) in [4.78, 5) is 46.3. The van der Waals surface area contributed by atoms with Crippen LogP contribution in [0.15, 0.2) is 16.1 Å². The van der Waals surface area contributed by atoms with E-state index < -0.39 is 75.5 Å². The average molecular weight is 548 g/mol. The molecule has 0 bridgehead atoms. The second kappa shape index (κ2) is 10.7. The van der Waals surface area contributed by atoms with Gasteiger partial charge in [0.2, 0.25) is 5.52 Å². The molecule has 4 heterocycles. The number of phosphoric acid groups is 1. The minimum absolute atomic E-state index is 0.0524. The average Bonchev–Trinajstić information content (AvgIpc) is 3.48. The van der Waals surface area contributed by atoms with E-state index in [1.807, 2.05) is 0 Å². The molecule has 0 saturated carbocycles. The van der Waals surface area contributed by atoms with Gasteiger partial charge in [0.15, 0.2) is 18.5 Å². The highest BCUT2D eigenvalue weighted by molar-refractivity contribution is 7.47. The lowest BCUT2D eigenvalue weighted by Crippen LogP contribution is -2.39. The maximum Gasteiger partial charge on any atom is 0.472 e. The molecule has 0 spiro atoms. The monoisotopic (exact) mass is 548 g/mol. The number of carbonyl (C=O) groups excluding carboxylic acids is 1. The van der Waals surface area contributed by atoms with Crippen molar-refractivity contribution in [2.75, 3.05) is 18.9 Å². The third-order valence-electron chi connectivity index (χ3n) is 5.59. The van der Waals surface area contributed by atoms with Crippen LogP contribution in [-0.2, 0) is 23.1 Å². The molecular formula is C17H27N9O10P+. The van der Waals surface area contributed by atoms with E-state index in [-0.39, 0.29) is 30.0 Å². The molecule has 204 valence electrons. The van der Waals surface area contributed by atoms with Gasteiger partial charge in [-0.25, -0.2) is 13.9 Å². The third kappa shape index (κ3) is 6.22. The summed E-state index contributed by atoms with van der Waals surface area (Å²) in [5, 5.41) is 22.2. The Morgan fingerprint density at radius 1 is 1.35 bits per heavy atom. The van der Waals surface area contributed by atoms with Crippen molar-refractivity contribution in [1.29, 1.82) is 0 Å². The van der Waals surface area contributed by atoms with Crippen molar-refractivity contribution in [1.82, 2.24) is 20.3 Å². The number of carbonyl (C=O) groups is 1. The van der Waals surface area contributed by atoms with Crippen LogP contribution in [0.5, 0.6) is 0 Å². The lowest BCUT2D eigenvalue weighted by molar-refractivity contribution is -0.738. The number of aliphatic hydroxyl groups excluding tert-OH is 2. The van der Waals surface area contributed by atoms with E-state index >= 15 is 0 Å². The van der Waals surface area contributed by atoms with Crippen LogP contribution in [0.2, 0.25) is 0 Å². The fraction of sp³-hybridized carbons (Fsp3) is 0.588. The smallest absolute Gasteiger partial charge is 0.394 e. The first-order chi connectivity index (χ1) is 17.5. The Hall–Kier alpha value is -3.16. The SMILES string of the molecule is NC(N)=NC(=O)NC1CC(OP(=O)(O)OCC2OC([n+]3c[nH]c4c(=O)[nH]c(N)nc43)CC2O)C(CO)O1. The maximum atomic E-state index is 12.6. The number of phosphoric ester groups is 1. The molecule has 37 heavy (non-hydrogen) atoms. The van der Waals surface area contributed by atoms with Crippen molar-refractivity contribution in [3.8, 4) is 0 Å². The van der Waals surface area contributed by atoms with Crippen LogP contribution >= 0.6 is 7.82 Å². The largest absolute Gasteiger partial charge is 0.472 e. The second-order valence-electron chi connectivity index (χ2n) is 8.24. The highest BCUT2D eigenvalue weighted by Gasteiger charge is 2.43. The maximum absolute atomic E-state index is 12.6. The molecule has 20 heteroatoms. The van der Waals surface area contributed by atoms with Crippen molar-refractivity contribution < 1.29 is 47.6 Å². The summed E-state index contributed by atoms with van der Waals surface area (Å²) in [6.07, 6.45) is -4.79. The van der Waals surface area contributed by atoms with E-state index in [0.717, 1.165) is 0 Å². The molecule has 2 saturated heterocycles. The first-order valence-electron chi connectivity index (χ1n) is 10.9. The highest BCUT2D eigenvalue weighted by atomic mass is 31.2. The summed E-state index contributed by atoms with van der Waals surface area (Å²) >= 11 is 0. The van der Waals surface area contributed by atoms with Crippen molar-refractivity contribution in [3.05, 3.63) is 16.7 Å². The van der Waals surface area contributed by atoms with Crippen LogP contribution in [-0.4, -0.2) is 85.9 Å². The number of hydrogen-bond donors (Lipinski definition) is 9. The van der Waals surface area contributed by atoms with E-state index in [1.54, 1.807) is 0 Å². The number of aromatic nitrogens is 4. The van der Waals surface area contributed by atoms with Crippen molar-refractivity contribution >= 4 is 36.9 Å². The summed E-state index contributed by atoms with van der Waals surface area (Å²) in [5.41, 5.74) is 15.7. The van der Waals surface area contributed by atoms with E-state index in [9.17, 15) is 29.3 Å². The molecule has 2 fully saturated rings. The molecule has 0 aliphatic carbocycles. The highest BCUT2D eigenvalue weighted by Crippen LogP contribution is 2.47. The van der Waals surface area contributed by atoms with Gasteiger partial charge in [-0.1, -0.05) is 4.98 Å². The van der Waals surface area contributed by atoms with Crippen LogP contribution in [0, 0.1) is 0 Å². The number of ether oxygens (including phenoxy) is 2. The number of nitrogens with zero attached hydrogens (tertiary/aromatic N) is 3. The molecule has 2 amide bonds. The van der Waals surface area contributed by atoms with Gasteiger partial charge in [0.1, 0.15) is 24.5 Å². The molecule has 4 rings (SSSR count). The van der Waals surface area contributed by atoms with Gasteiger partial charge in [-0.05, 0) is 0 Å². The quantitative estimate of drug-likeness (QED) is 0.0665. The minimum atomic E-state index is -4.74. The Morgan fingerprint density at radius 2 is 2.11 bits per heavy atom. The van der Waals surface area contributed by atoms with Crippen LogP contribution in [0.1, 0.15) is 19.1 Å². The summed E-state index contributed by atoms with van der Waals surface area (Å²) in [5.74, 6) is -0.594. The number of imidazole rings is 1. The number of rotatable bonds is 8. The number of fused-ring (bicyclic) bond motifs is 1. The topological polar surface area (TPSA) is 300 Å². The van der Waals surface area contributed by atoms with Crippen molar-refractivity contribution in [2.45, 2.75) is 49.7 Å². The number of anilines is 1. The molecule has 7 unspecified atom stereocenters. The van der Waals surface area contributed by atoms with Crippen LogP contribution in [0.3, 0.4) is 0 Å². The van der Waals surface area contributed by atoms with E-state index in [1.165, 1.54) is 10.9 Å². The van der Waals surface area contributed by atoms with Gasteiger partial charge in [-0.2, -0.15) is 4.99 Å². The Bertz CT molecular complexity index is 1280. The van der Waals surface area contributed by atoms with E-state index in [2.05, 4.69) is 25.3 Å².